The number of ether oxygens (including phenoxy) is 1. The number of benzene rings is 1. The lowest BCUT2D eigenvalue weighted by Gasteiger charge is -2.12. The Kier molecular flexibility index (Phi) is 3.23. The third-order valence-electron chi connectivity index (χ3n) is 2.59. The Morgan fingerprint density at radius 3 is 2.72 bits per heavy atom. The number of hydrogen-bond donors (Lipinski definition) is 1. The minimum absolute atomic E-state index is 0.115. The minimum atomic E-state index is -0.349. The second-order valence-electron chi connectivity index (χ2n) is 4.40. The topological polar surface area (TPSA) is 53.1 Å². The Bertz CT molecular complexity index is 563. The normalized spacial score (nSPS) is 10.9. The zero-order chi connectivity index (χ0) is 13.3. The highest BCUT2D eigenvalue weighted by atomic mass is 19.1. The van der Waals surface area contributed by atoms with Crippen molar-refractivity contribution in [2.75, 3.05) is 5.73 Å². The summed E-state index contributed by atoms with van der Waals surface area (Å²) in [5.41, 5.74) is 7.11. The number of aromatic nitrogens is 2. The molecule has 1 aromatic heterocycles. The average molecular weight is 249 g/mol. The maximum absolute atomic E-state index is 13.1. The third-order valence-corrected chi connectivity index (χ3v) is 2.59. The first-order valence-electron chi connectivity index (χ1n) is 5.77. The largest absolute Gasteiger partial charge is 0.437 e. The molecule has 96 valence electrons. The number of nitrogens with two attached hydrogens (primary N) is 1. The van der Waals surface area contributed by atoms with E-state index in [0.29, 0.717) is 23.0 Å². The SMILES string of the molecule is Cc1nn(C(C)C)c(Oc2cccc(F)c2)c1N. The van der Waals surface area contributed by atoms with Crippen LogP contribution in [-0.2, 0) is 0 Å². The molecule has 18 heavy (non-hydrogen) atoms. The Labute approximate surface area is 105 Å². The van der Waals surface area contributed by atoms with Crippen molar-refractivity contribution in [1.82, 2.24) is 9.78 Å². The van der Waals surface area contributed by atoms with E-state index in [1.54, 1.807) is 16.8 Å². The molecule has 0 saturated heterocycles. The fraction of sp³-hybridized carbons (Fsp3) is 0.308. The number of nitrogen functional groups attached to an aromatic ring is 1. The second-order valence-corrected chi connectivity index (χ2v) is 4.40. The van der Waals surface area contributed by atoms with Crippen molar-refractivity contribution in [3.8, 4) is 11.6 Å². The Hall–Kier alpha value is -2.04. The van der Waals surface area contributed by atoms with E-state index in [9.17, 15) is 4.39 Å². The van der Waals surface area contributed by atoms with Crippen LogP contribution in [0.4, 0.5) is 10.1 Å². The summed E-state index contributed by atoms with van der Waals surface area (Å²) in [6, 6.07) is 6.05. The highest BCUT2D eigenvalue weighted by Gasteiger charge is 2.16. The summed E-state index contributed by atoms with van der Waals surface area (Å²) in [5, 5.41) is 4.30. The fourth-order valence-electron chi connectivity index (χ4n) is 1.63. The van der Waals surface area contributed by atoms with Crippen molar-refractivity contribution in [3.63, 3.8) is 0 Å². The van der Waals surface area contributed by atoms with Crippen LogP contribution in [-0.4, -0.2) is 9.78 Å². The molecular formula is C13H16FN3O. The average Bonchev–Trinajstić information content (AvgIpc) is 2.57. The molecule has 0 spiro atoms. The number of anilines is 1. The lowest BCUT2D eigenvalue weighted by atomic mass is 10.3. The standard InChI is InChI=1S/C13H16FN3O/c1-8(2)17-13(12(15)9(3)16-17)18-11-6-4-5-10(14)7-11/h4-8H,15H2,1-3H3. The first kappa shape index (κ1) is 12.4. The summed E-state index contributed by atoms with van der Waals surface area (Å²) >= 11 is 0. The molecule has 0 fully saturated rings. The van der Waals surface area contributed by atoms with Gasteiger partial charge in [-0.2, -0.15) is 5.10 Å². The van der Waals surface area contributed by atoms with E-state index >= 15 is 0 Å². The van der Waals surface area contributed by atoms with Crippen molar-refractivity contribution in [2.24, 2.45) is 0 Å². The van der Waals surface area contributed by atoms with Crippen molar-refractivity contribution in [1.29, 1.82) is 0 Å². The number of rotatable bonds is 3. The molecule has 0 unspecified atom stereocenters. The molecule has 0 bridgehead atoms. The van der Waals surface area contributed by atoms with Crippen LogP contribution >= 0.6 is 0 Å². The van der Waals surface area contributed by atoms with Crippen LogP contribution in [0.3, 0.4) is 0 Å². The third kappa shape index (κ3) is 2.30. The zero-order valence-corrected chi connectivity index (χ0v) is 10.6. The molecule has 2 N–H and O–H groups in total. The molecular weight excluding hydrogens is 233 g/mol. The predicted octanol–water partition coefficient (Wildman–Crippen LogP) is 3.29. The van der Waals surface area contributed by atoms with Gasteiger partial charge in [-0.3, -0.25) is 0 Å². The quantitative estimate of drug-likeness (QED) is 0.908. The molecule has 1 heterocycles. The first-order chi connectivity index (χ1) is 8.49. The number of halogens is 1. The van der Waals surface area contributed by atoms with Gasteiger partial charge in [0.05, 0.1) is 11.7 Å². The summed E-state index contributed by atoms with van der Waals surface area (Å²) in [6.07, 6.45) is 0. The van der Waals surface area contributed by atoms with Gasteiger partial charge in [0.1, 0.15) is 17.3 Å². The molecule has 0 radical (unpaired) electrons. The molecule has 1 aromatic carbocycles. The molecule has 0 aliphatic rings. The smallest absolute Gasteiger partial charge is 0.241 e. The van der Waals surface area contributed by atoms with Crippen LogP contribution < -0.4 is 10.5 Å². The Morgan fingerprint density at radius 1 is 1.39 bits per heavy atom. The van der Waals surface area contributed by atoms with Crippen LogP contribution in [0.2, 0.25) is 0 Å². The molecule has 0 aliphatic heterocycles. The van der Waals surface area contributed by atoms with E-state index in [-0.39, 0.29) is 11.9 Å². The summed E-state index contributed by atoms with van der Waals surface area (Å²) in [7, 11) is 0. The van der Waals surface area contributed by atoms with E-state index in [2.05, 4.69) is 5.10 Å². The lowest BCUT2D eigenvalue weighted by molar-refractivity contribution is 0.388. The maximum Gasteiger partial charge on any atom is 0.241 e. The van der Waals surface area contributed by atoms with Gasteiger partial charge in [-0.1, -0.05) is 6.07 Å². The van der Waals surface area contributed by atoms with Crippen LogP contribution in [0.15, 0.2) is 24.3 Å². The summed E-state index contributed by atoms with van der Waals surface area (Å²) in [4.78, 5) is 0. The summed E-state index contributed by atoms with van der Waals surface area (Å²) < 4.78 is 20.4. The Balaban J connectivity index is 2.39. The van der Waals surface area contributed by atoms with Gasteiger partial charge in [-0.25, -0.2) is 9.07 Å². The lowest BCUT2D eigenvalue weighted by Crippen LogP contribution is -2.05. The van der Waals surface area contributed by atoms with E-state index < -0.39 is 0 Å². The Morgan fingerprint density at radius 2 is 2.11 bits per heavy atom. The van der Waals surface area contributed by atoms with Gasteiger partial charge in [0.25, 0.3) is 0 Å². The van der Waals surface area contributed by atoms with Gasteiger partial charge in [-0.15, -0.1) is 0 Å². The molecule has 0 aliphatic carbocycles. The number of nitrogens with zero attached hydrogens (tertiary/aromatic N) is 2. The second kappa shape index (κ2) is 4.68. The van der Waals surface area contributed by atoms with Crippen molar-refractivity contribution in [3.05, 3.63) is 35.8 Å². The molecule has 4 nitrogen and oxygen atoms in total. The molecule has 0 amide bonds. The molecule has 2 aromatic rings. The number of hydrogen-bond acceptors (Lipinski definition) is 3. The van der Waals surface area contributed by atoms with Gasteiger partial charge in [0.15, 0.2) is 0 Å². The maximum atomic E-state index is 13.1. The fourth-order valence-corrected chi connectivity index (χ4v) is 1.63. The van der Waals surface area contributed by atoms with Gasteiger partial charge in [-0.05, 0) is 32.9 Å². The van der Waals surface area contributed by atoms with Gasteiger partial charge >= 0.3 is 0 Å². The number of aryl methyl sites for hydroxylation is 1. The van der Waals surface area contributed by atoms with E-state index in [4.69, 9.17) is 10.5 Å². The van der Waals surface area contributed by atoms with Gasteiger partial charge in [0, 0.05) is 6.07 Å². The van der Waals surface area contributed by atoms with Crippen LogP contribution in [0.1, 0.15) is 25.6 Å². The van der Waals surface area contributed by atoms with Gasteiger partial charge in [0.2, 0.25) is 5.88 Å². The molecule has 2 rings (SSSR count). The van der Waals surface area contributed by atoms with E-state index in [1.165, 1.54) is 12.1 Å². The van der Waals surface area contributed by atoms with E-state index in [1.807, 2.05) is 20.8 Å². The highest BCUT2D eigenvalue weighted by molar-refractivity contribution is 5.54. The van der Waals surface area contributed by atoms with Crippen molar-refractivity contribution >= 4 is 5.69 Å². The molecule has 0 saturated carbocycles. The summed E-state index contributed by atoms with van der Waals surface area (Å²) in [6.45, 7) is 5.77. The summed E-state index contributed by atoms with van der Waals surface area (Å²) in [5.74, 6) is 0.509. The molecule has 0 atom stereocenters. The van der Waals surface area contributed by atoms with Crippen LogP contribution in [0.5, 0.6) is 11.6 Å². The zero-order valence-electron chi connectivity index (χ0n) is 10.6. The molecule has 5 heteroatoms. The highest BCUT2D eigenvalue weighted by Crippen LogP contribution is 2.32. The van der Waals surface area contributed by atoms with Crippen molar-refractivity contribution < 1.29 is 9.13 Å². The van der Waals surface area contributed by atoms with Crippen LogP contribution in [0.25, 0.3) is 0 Å². The van der Waals surface area contributed by atoms with Crippen molar-refractivity contribution in [2.45, 2.75) is 26.8 Å². The van der Waals surface area contributed by atoms with Crippen LogP contribution in [0, 0.1) is 12.7 Å². The van der Waals surface area contributed by atoms with Gasteiger partial charge < -0.3 is 10.5 Å². The van der Waals surface area contributed by atoms with E-state index in [0.717, 1.165) is 0 Å². The monoisotopic (exact) mass is 249 g/mol. The minimum Gasteiger partial charge on any atom is -0.437 e. The first-order valence-corrected chi connectivity index (χ1v) is 5.77. The predicted molar refractivity (Wildman–Crippen MR) is 68.2 cm³/mol.